The van der Waals surface area contributed by atoms with Gasteiger partial charge in [-0.3, -0.25) is 19.4 Å². The van der Waals surface area contributed by atoms with Gasteiger partial charge in [-0.1, -0.05) is 42.8 Å². The molecule has 2 heterocycles. The number of aromatic nitrogens is 1. The highest BCUT2D eigenvalue weighted by atomic mass is 32.1. The Balaban J connectivity index is 1.80. The van der Waals surface area contributed by atoms with Crippen LogP contribution in [-0.2, 0) is 9.59 Å². The van der Waals surface area contributed by atoms with Crippen molar-refractivity contribution in [1.82, 2.24) is 9.47 Å². The molecule has 3 aromatic rings. The quantitative estimate of drug-likeness (QED) is 0.334. The number of anilines is 1. The van der Waals surface area contributed by atoms with Gasteiger partial charge < -0.3 is 4.57 Å². The van der Waals surface area contributed by atoms with Gasteiger partial charge in [0.15, 0.2) is 5.11 Å². The second-order valence-corrected chi connectivity index (χ2v) is 7.78. The average Bonchev–Trinajstić information content (AvgIpc) is 3.24. The third-order valence-electron chi connectivity index (χ3n) is 5.18. The van der Waals surface area contributed by atoms with Crippen LogP contribution >= 0.6 is 12.2 Å². The summed E-state index contributed by atoms with van der Waals surface area (Å²) in [5.41, 5.74) is 3.61. The molecule has 6 heteroatoms. The first-order valence-corrected chi connectivity index (χ1v) is 10.6. The van der Waals surface area contributed by atoms with Crippen LogP contribution in [0.5, 0.6) is 0 Å². The van der Waals surface area contributed by atoms with Crippen LogP contribution in [0.1, 0.15) is 24.6 Å². The van der Waals surface area contributed by atoms with Crippen molar-refractivity contribution in [2.24, 2.45) is 0 Å². The van der Waals surface area contributed by atoms with E-state index in [0.717, 1.165) is 23.4 Å². The van der Waals surface area contributed by atoms with Crippen molar-refractivity contribution in [3.8, 4) is 5.69 Å². The molecule has 0 bridgehead atoms. The van der Waals surface area contributed by atoms with Gasteiger partial charge in [0.2, 0.25) is 0 Å². The Labute approximate surface area is 187 Å². The second kappa shape index (κ2) is 8.70. The molecule has 0 unspecified atom stereocenters. The SMILES string of the molecule is CCCN1C(=O)/C(=C\c2cccn2-c2ccc(C)cc2)C(=O)N(c2ccccc2)C1=S. The van der Waals surface area contributed by atoms with Crippen LogP contribution in [0.15, 0.2) is 78.5 Å². The fourth-order valence-electron chi connectivity index (χ4n) is 3.60. The minimum atomic E-state index is -0.412. The molecule has 0 aliphatic carbocycles. The number of rotatable bonds is 5. The van der Waals surface area contributed by atoms with Crippen LogP contribution in [0.4, 0.5) is 5.69 Å². The molecule has 0 N–H and O–H groups in total. The molecule has 4 rings (SSSR count). The van der Waals surface area contributed by atoms with E-state index in [0.29, 0.717) is 12.2 Å². The lowest BCUT2D eigenvalue weighted by Crippen LogP contribution is -2.56. The Hall–Kier alpha value is -3.51. The molecule has 1 aliphatic heterocycles. The molecule has 1 aromatic heterocycles. The maximum atomic E-state index is 13.4. The topological polar surface area (TPSA) is 45.6 Å². The van der Waals surface area contributed by atoms with Gasteiger partial charge in [0.1, 0.15) is 5.57 Å². The summed E-state index contributed by atoms with van der Waals surface area (Å²) in [5, 5.41) is 0.217. The zero-order chi connectivity index (χ0) is 22.0. The van der Waals surface area contributed by atoms with E-state index in [1.165, 1.54) is 9.80 Å². The lowest BCUT2D eigenvalue weighted by atomic mass is 10.1. The summed E-state index contributed by atoms with van der Waals surface area (Å²) in [5.74, 6) is -0.772. The summed E-state index contributed by atoms with van der Waals surface area (Å²) >= 11 is 5.54. The molecule has 0 spiro atoms. The predicted octanol–water partition coefficient (Wildman–Crippen LogP) is 4.74. The monoisotopic (exact) mass is 429 g/mol. The number of amides is 2. The summed E-state index contributed by atoms with van der Waals surface area (Å²) in [6.07, 6.45) is 4.30. The Kier molecular flexibility index (Phi) is 5.82. The first kappa shape index (κ1) is 20.8. The van der Waals surface area contributed by atoms with E-state index in [4.69, 9.17) is 12.2 Å². The zero-order valence-electron chi connectivity index (χ0n) is 17.5. The number of nitrogens with zero attached hydrogens (tertiary/aromatic N) is 3. The number of hydrogen-bond acceptors (Lipinski definition) is 3. The fraction of sp³-hybridized carbons (Fsp3) is 0.160. The molecule has 1 fully saturated rings. The van der Waals surface area contributed by atoms with Gasteiger partial charge in [-0.2, -0.15) is 0 Å². The van der Waals surface area contributed by atoms with E-state index < -0.39 is 5.91 Å². The van der Waals surface area contributed by atoms with Crippen molar-refractivity contribution < 1.29 is 9.59 Å². The van der Waals surface area contributed by atoms with Crippen molar-refractivity contribution in [3.63, 3.8) is 0 Å². The molecule has 156 valence electrons. The standard InChI is InChI=1S/C25H23N3O2S/c1-3-15-27-23(29)22(24(30)28(25(27)31)20-8-5-4-6-9-20)17-21-10-7-16-26(21)19-13-11-18(2)12-14-19/h4-14,16-17H,3,15H2,1-2H3/b22-17+. The zero-order valence-corrected chi connectivity index (χ0v) is 18.3. The van der Waals surface area contributed by atoms with Gasteiger partial charge >= 0.3 is 0 Å². The van der Waals surface area contributed by atoms with Gasteiger partial charge in [0.05, 0.1) is 5.69 Å². The van der Waals surface area contributed by atoms with Crippen molar-refractivity contribution in [1.29, 1.82) is 0 Å². The highest BCUT2D eigenvalue weighted by Gasteiger charge is 2.40. The number of benzene rings is 2. The predicted molar refractivity (Wildman–Crippen MR) is 127 cm³/mol. The average molecular weight is 430 g/mol. The van der Waals surface area contributed by atoms with Gasteiger partial charge in [0.25, 0.3) is 11.8 Å². The van der Waals surface area contributed by atoms with Crippen molar-refractivity contribution in [3.05, 3.63) is 89.8 Å². The summed E-state index contributed by atoms with van der Waals surface area (Å²) in [4.78, 5) is 29.6. The molecule has 2 amide bonds. The fourth-order valence-corrected chi connectivity index (χ4v) is 3.96. The molecule has 5 nitrogen and oxygen atoms in total. The molecule has 31 heavy (non-hydrogen) atoms. The smallest absolute Gasteiger partial charge is 0.270 e. The van der Waals surface area contributed by atoms with Crippen LogP contribution in [-0.4, -0.2) is 32.9 Å². The Morgan fingerprint density at radius 1 is 0.871 bits per heavy atom. The molecule has 1 aliphatic rings. The normalized spacial score (nSPS) is 15.8. The Morgan fingerprint density at radius 2 is 1.58 bits per heavy atom. The lowest BCUT2D eigenvalue weighted by molar-refractivity contribution is -0.127. The molecular weight excluding hydrogens is 406 g/mol. The maximum Gasteiger partial charge on any atom is 0.270 e. The summed E-state index contributed by atoms with van der Waals surface area (Å²) < 4.78 is 1.96. The van der Waals surface area contributed by atoms with Crippen LogP contribution in [0, 0.1) is 6.92 Å². The number of para-hydroxylation sites is 1. The van der Waals surface area contributed by atoms with E-state index in [2.05, 4.69) is 0 Å². The highest BCUT2D eigenvalue weighted by molar-refractivity contribution is 7.80. The lowest BCUT2D eigenvalue weighted by Gasteiger charge is -2.36. The molecule has 0 radical (unpaired) electrons. The third-order valence-corrected chi connectivity index (χ3v) is 5.58. The van der Waals surface area contributed by atoms with E-state index in [1.807, 2.05) is 91.3 Å². The first-order valence-electron chi connectivity index (χ1n) is 10.2. The van der Waals surface area contributed by atoms with Crippen LogP contribution in [0.2, 0.25) is 0 Å². The number of aryl methyl sites for hydroxylation is 1. The van der Waals surface area contributed by atoms with Gasteiger partial charge in [-0.15, -0.1) is 0 Å². The minimum Gasteiger partial charge on any atom is -0.317 e. The van der Waals surface area contributed by atoms with E-state index in [9.17, 15) is 9.59 Å². The van der Waals surface area contributed by atoms with Gasteiger partial charge in [-0.25, -0.2) is 0 Å². The van der Waals surface area contributed by atoms with Crippen molar-refractivity contribution in [2.45, 2.75) is 20.3 Å². The molecule has 1 saturated heterocycles. The molecule has 2 aromatic carbocycles. The van der Waals surface area contributed by atoms with Gasteiger partial charge in [0, 0.05) is 24.1 Å². The number of carbonyl (C=O) groups is 2. The number of carbonyl (C=O) groups excluding carboxylic acids is 2. The number of thiocarbonyl (C=S) groups is 1. The largest absolute Gasteiger partial charge is 0.317 e. The third kappa shape index (κ3) is 3.94. The van der Waals surface area contributed by atoms with Crippen LogP contribution < -0.4 is 4.90 Å². The highest BCUT2D eigenvalue weighted by Crippen LogP contribution is 2.27. The van der Waals surface area contributed by atoms with Crippen LogP contribution in [0.25, 0.3) is 11.8 Å². The Morgan fingerprint density at radius 3 is 2.26 bits per heavy atom. The minimum absolute atomic E-state index is 0.0953. The summed E-state index contributed by atoms with van der Waals surface area (Å²) in [6.45, 7) is 4.46. The van der Waals surface area contributed by atoms with E-state index in [1.54, 1.807) is 6.08 Å². The molecular formula is C25H23N3O2S. The van der Waals surface area contributed by atoms with E-state index >= 15 is 0 Å². The summed E-state index contributed by atoms with van der Waals surface area (Å²) in [6, 6.07) is 21.1. The molecule has 0 saturated carbocycles. The maximum absolute atomic E-state index is 13.4. The second-order valence-electron chi connectivity index (χ2n) is 7.41. The first-order chi connectivity index (χ1) is 15.0. The van der Waals surface area contributed by atoms with Gasteiger partial charge in [-0.05, 0) is 68.0 Å². The van der Waals surface area contributed by atoms with Crippen LogP contribution in [0.3, 0.4) is 0 Å². The summed E-state index contributed by atoms with van der Waals surface area (Å²) in [7, 11) is 0. The molecule has 0 atom stereocenters. The van der Waals surface area contributed by atoms with Crippen molar-refractivity contribution >= 4 is 40.9 Å². The Bertz CT molecular complexity index is 1160. The van der Waals surface area contributed by atoms with E-state index in [-0.39, 0.29) is 16.6 Å². The van der Waals surface area contributed by atoms with Crippen molar-refractivity contribution in [2.75, 3.05) is 11.4 Å². The number of hydrogen-bond donors (Lipinski definition) is 0.